The zero-order valence-corrected chi connectivity index (χ0v) is 9.89. The number of aliphatic hydroxyl groups is 1. The molecule has 1 aliphatic heterocycles. The molecule has 16 heavy (non-hydrogen) atoms. The monoisotopic (exact) mass is 230 g/mol. The topological polar surface area (TPSA) is 70.1 Å². The summed E-state index contributed by atoms with van der Waals surface area (Å²) in [6.45, 7) is 1.80. The molecule has 0 saturated carbocycles. The third-order valence-corrected chi connectivity index (χ3v) is 2.21. The number of hydrogen-bond donors (Lipinski definition) is 1. The average Bonchev–Trinajstić information content (AvgIpc) is 2.09. The standard InChI is InChI=1S/C10H18N2O4/c1-10(15,6-11(2)3)7-12-8(13)4-16-5-9(12)14/h15H,4-7H2,1-3H3. The fraction of sp³-hybridized carbons (Fsp3) is 0.800. The molecule has 1 rings (SSSR count). The van der Waals surface area contributed by atoms with Gasteiger partial charge < -0.3 is 14.7 Å². The molecule has 92 valence electrons. The average molecular weight is 230 g/mol. The Morgan fingerprint density at radius 1 is 1.38 bits per heavy atom. The number of ether oxygens (including phenoxy) is 1. The molecule has 0 radical (unpaired) electrons. The molecule has 2 amide bonds. The molecule has 6 nitrogen and oxygen atoms in total. The van der Waals surface area contributed by atoms with Crippen LogP contribution < -0.4 is 0 Å². The molecular weight excluding hydrogens is 212 g/mol. The first kappa shape index (κ1) is 13.1. The molecule has 0 aromatic heterocycles. The number of hydrogen-bond acceptors (Lipinski definition) is 5. The molecule has 0 spiro atoms. The highest BCUT2D eigenvalue weighted by atomic mass is 16.5. The van der Waals surface area contributed by atoms with Crippen molar-refractivity contribution in [3.8, 4) is 0 Å². The van der Waals surface area contributed by atoms with E-state index in [9.17, 15) is 14.7 Å². The van der Waals surface area contributed by atoms with Gasteiger partial charge in [0.1, 0.15) is 13.2 Å². The number of carbonyl (C=O) groups is 2. The molecule has 1 heterocycles. The minimum Gasteiger partial charge on any atom is -0.387 e. The Morgan fingerprint density at radius 3 is 2.31 bits per heavy atom. The van der Waals surface area contributed by atoms with Crippen molar-refractivity contribution in [1.29, 1.82) is 0 Å². The smallest absolute Gasteiger partial charge is 0.255 e. The normalized spacial score (nSPS) is 21.4. The van der Waals surface area contributed by atoms with E-state index in [1.54, 1.807) is 11.8 Å². The zero-order chi connectivity index (χ0) is 12.3. The maximum Gasteiger partial charge on any atom is 0.255 e. The second-order valence-electron chi connectivity index (χ2n) is 4.60. The van der Waals surface area contributed by atoms with Crippen LogP contribution in [0.1, 0.15) is 6.92 Å². The number of nitrogens with zero attached hydrogens (tertiary/aromatic N) is 2. The van der Waals surface area contributed by atoms with Gasteiger partial charge in [-0.2, -0.15) is 0 Å². The van der Waals surface area contributed by atoms with Gasteiger partial charge in [-0.1, -0.05) is 0 Å². The highest BCUT2D eigenvalue weighted by Crippen LogP contribution is 2.11. The van der Waals surface area contributed by atoms with Crippen LogP contribution in [0.15, 0.2) is 0 Å². The van der Waals surface area contributed by atoms with Crippen molar-refractivity contribution in [2.45, 2.75) is 12.5 Å². The summed E-state index contributed by atoms with van der Waals surface area (Å²) >= 11 is 0. The highest BCUT2D eigenvalue weighted by molar-refractivity contribution is 5.98. The SMILES string of the molecule is CN(C)CC(C)(O)CN1C(=O)COCC1=O. The second-order valence-corrected chi connectivity index (χ2v) is 4.60. The maximum atomic E-state index is 11.4. The highest BCUT2D eigenvalue weighted by Gasteiger charge is 2.33. The molecule has 1 fully saturated rings. The van der Waals surface area contributed by atoms with Gasteiger partial charge in [0, 0.05) is 6.54 Å². The van der Waals surface area contributed by atoms with Crippen molar-refractivity contribution in [3.63, 3.8) is 0 Å². The minimum atomic E-state index is -1.10. The van der Waals surface area contributed by atoms with Crippen LogP contribution in [0.2, 0.25) is 0 Å². The fourth-order valence-corrected chi connectivity index (χ4v) is 1.77. The van der Waals surface area contributed by atoms with Crippen molar-refractivity contribution in [2.75, 3.05) is 40.4 Å². The summed E-state index contributed by atoms with van der Waals surface area (Å²) in [6.07, 6.45) is 0. The van der Waals surface area contributed by atoms with E-state index < -0.39 is 17.4 Å². The van der Waals surface area contributed by atoms with Gasteiger partial charge in [-0.25, -0.2) is 0 Å². The third-order valence-electron chi connectivity index (χ3n) is 2.21. The summed E-state index contributed by atoms with van der Waals surface area (Å²) < 4.78 is 4.79. The van der Waals surface area contributed by atoms with Crippen LogP contribution in [0, 0.1) is 0 Å². The van der Waals surface area contributed by atoms with Crippen LogP contribution >= 0.6 is 0 Å². The molecular formula is C10H18N2O4. The van der Waals surface area contributed by atoms with Crippen LogP contribution in [0.25, 0.3) is 0 Å². The van der Waals surface area contributed by atoms with E-state index in [4.69, 9.17) is 4.74 Å². The minimum absolute atomic E-state index is 0.00616. The van der Waals surface area contributed by atoms with E-state index in [0.29, 0.717) is 6.54 Å². The van der Waals surface area contributed by atoms with Crippen LogP contribution in [-0.4, -0.2) is 72.7 Å². The Bertz CT molecular complexity index is 273. The van der Waals surface area contributed by atoms with Gasteiger partial charge in [0.05, 0.1) is 12.1 Å². The quantitative estimate of drug-likeness (QED) is 0.607. The van der Waals surface area contributed by atoms with Crippen molar-refractivity contribution in [1.82, 2.24) is 9.80 Å². The van der Waals surface area contributed by atoms with Gasteiger partial charge in [-0.05, 0) is 21.0 Å². The van der Waals surface area contributed by atoms with Gasteiger partial charge in [-0.3, -0.25) is 14.5 Å². The Morgan fingerprint density at radius 2 is 1.88 bits per heavy atom. The van der Waals surface area contributed by atoms with Crippen molar-refractivity contribution >= 4 is 11.8 Å². The summed E-state index contributed by atoms with van der Waals surface area (Å²) in [5, 5.41) is 10.0. The Hall–Kier alpha value is -0.980. The third kappa shape index (κ3) is 3.55. The van der Waals surface area contributed by atoms with Gasteiger partial charge in [0.15, 0.2) is 0 Å². The molecule has 1 saturated heterocycles. The summed E-state index contributed by atoms with van der Waals surface area (Å²) in [5.74, 6) is -0.787. The summed E-state index contributed by atoms with van der Waals surface area (Å²) in [5.41, 5.74) is -1.10. The lowest BCUT2D eigenvalue weighted by atomic mass is 10.1. The summed E-state index contributed by atoms with van der Waals surface area (Å²) in [4.78, 5) is 25.7. The first-order valence-corrected chi connectivity index (χ1v) is 5.10. The fourth-order valence-electron chi connectivity index (χ4n) is 1.77. The van der Waals surface area contributed by atoms with Gasteiger partial charge in [0.25, 0.3) is 11.8 Å². The molecule has 6 heteroatoms. The molecule has 0 aliphatic carbocycles. The van der Waals surface area contributed by atoms with E-state index in [2.05, 4.69) is 0 Å². The van der Waals surface area contributed by atoms with Crippen LogP contribution in [0.3, 0.4) is 0 Å². The number of likely N-dealkylation sites (N-methyl/N-ethyl adjacent to an activating group) is 1. The molecule has 0 aromatic rings. The van der Waals surface area contributed by atoms with Crippen LogP contribution in [0.5, 0.6) is 0 Å². The molecule has 0 bridgehead atoms. The number of amides is 2. The molecule has 0 aromatic carbocycles. The number of carbonyl (C=O) groups excluding carboxylic acids is 2. The van der Waals surface area contributed by atoms with Crippen molar-refractivity contribution in [3.05, 3.63) is 0 Å². The number of rotatable bonds is 4. The first-order valence-electron chi connectivity index (χ1n) is 5.10. The lowest BCUT2D eigenvalue weighted by Crippen LogP contribution is -2.54. The van der Waals surface area contributed by atoms with E-state index >= 15 is 0 Å². The second kappa shape index (κ2) is 4.90. The van der Waals surface area contributed by atoms with Crippen molar-refractivity contribution < 1.29 is 19.4 Å². The van der Waals surface area contributed by atoms with Gasteiger partial charge in [0.2, 0.25) is 0 Å². The van der Waals surface area contributed by atoms with E-state index in [-0.39, 0.29) is 19.8 Å². The maximum absolute atomic E-state index is 11.4. The van der Waals surface area contributed by atoms with Crippen LogP contribution in [0.4, 0.5) is 0 Å². The van der Waals surface area contributed by atoms with Crippen molar-refractivity contribution in [2.24, 2.45) is 0 Å². The number of β-amino-alcohol motifs (C(OH)–C–C–N with tert-alkyl or cyclic N) is 1. The lowest BCUT2D eigenvalue weighted by molar-refractivity contribution is -0.162. The zero-order valence-electron chi connectivity index (χ0n) is 9.89. The van der Waals surface area contributed by atoms with Gasteiger partial charge in [-0.15, -0.1) is 0 Å². The number of morpholine rings is 1. The van der Waals surface area contributed by atoms with Crippen LogP contribution in [-0.2, 0) is 14.3 Å². The van der Waals surface area contributed by atoms with Gasteiger partial charge >= 0.3 is 0 Å². The molecule has 1 N–H and O–H groups in total. The predicted octanol–water partition coefficient (Wildman–Crippen LogP) is -1.32. The van der Waals surface area contributed by atoms with E-state index in [0.717, 1.165) is 4.90 Å². The Kier molecular flexibility index (Phi) is 4.01. The summed E-state index contributed by atoms with van der Waals surface area (Å²) in [6, 6.07) is 0. The largest absolute Gasteiger partial charge is 0.387 e. The predicted molar refractivity (Wildman–Crippen MR) is 56.7 cm³/mol. The lowest BCUT2D eigenvalue weighted by Gasteiger charge is -2.33. The molecule has 1 unspecified atom stereocenters. The molecule has 1 aliphatic rings. The first-order chi connectivity index (χ1) is 7.32. The Balaban J connectivity index is 2.63. The molecule has 1 atom stereocenters. The van der Waals surface area contributed by atoms with E-state index in [1.807, 2.05) is 14.1 Å². The Labute approximate surface area is 94.8 Å². The number of imide groups is 1. The van der Waals surface area contributed by atoms with E-state index in [1.165, 1.54) is 0 Å². The summed E-state index contributed by atoms with van der Waals surface area (Å²) in [7, 11) is 3.63.